The second kappa shape index (κ2) is 8.90. The van der Waals surface area contributed by atoms with E-state index < -0.39 is 10.0 Å². The summed E-state index contributed by atoms with van der Waals surface area (Å²) < 4.78 is 27.9. The van der Waals surface area contributed by atoms with Crippen molar-refractivity contribution in [3.63, 3.8) is 0 Å². The Morgan fingerprint density at radius 1 is 0.968 bits per heavy atom. The summed E-state index contributed by atoms with van der Waals surface area (Å²) in [7, 11) is -3.58. The van der Waals surface area contributed by atoms with Crippen LogP contribution in [0.15, 0.2) is 29.2 Å². The number of likely N-dealkylation sites (tertiary alicyclic amines) is 1. The van der Waals surface area contributed by atoms with Crippen LogP contribution in [-0.2, 0) is 19.6 Å². The number of anilines is 1. The van der Waals surface area contributed by atoms with Crippen LogP contribution in [0.2, 0.25) is 0 Å². The lowest BCUT2D eigenvalue weighted by atomic mass is 10.0. The van der Waals surface area contributed by atoms with E-state index in [0.717, 1.165) is 44.9 Å². The van der Waals surface area contributed by atoms with Gasteiger partial charge in [0.2, 0.25) is 21.8 Å². The first-order valence-electron chi connectivity index (χ1n) is 11.5. The molecule has 1 aromatic rings. The quantitative estimate of drug-likeness (QED) is 0.750. The molecule has 1 aromatic carbocycles. The number of sulfonamides is 1. The summed E-state index contributed by atoms with van der Waals surface area (Å²) in [4.78, 5) is 27.2. The molecule has 0 radical (unpaired) electrons. The lowest BCUT2D eigenvalue weighted by Gasteiger charge is -2.37. The molecule has 2 aliphatic heterocycles. The van der Waals surface area contributed by atoms with Crippen molar-refractivity contribution < 1.29 is 18.0 Å². The first kappa shape index (κ1) is 22.3. The summed E-state index contributed by atoms with van der Waals surface area (Å²) in [5.74, 6) is -0.465. The van der Waals surface area contributed by atoms with Crippen molar-refractivity contribution in [3.8, 4) is 0 Å². The topological polar surface area (TPSA) is 86.8 Å². The summed E-state index contributed by atoms with van der Waals surface area (Å²) in [5.41, 5.74) is 0.551. The van der Waals surface area contributed by atoms with Crippen LogP contribution < -0.4 is 5.32 Å². The van der Waals surface area contributed by atoms with Gasteiger partial charge in [-0.3, -0.25) is 9.59 Å². The van der Waals surface area contributed by atoms with Gasteiger partial charge >= 0.3 is 0 Å². The molecule has 170 valence electrons. The van der Waals surface area contributed by atoms with E-state index in [4.69, 9.17) is 0 Å². The molecule has 3 unspecified atom stereocenters. The molecule has 0 bridgehead atoms. The van der Waals surface area contributed by atoms with Crippen molar-refractivity contribution in [2.75, 3.05) is 11.9 Å². The third-order valence-electron chi connectivity index (χ3n) is 7.10. The number of hydrogen-bond acceptors (Lipinski definition) is 4. The first-order valence-corrected chi connectivity index (χ1v) is 13.0. The van der Waals surface area contributed by atoms with E-state index in [2.05, 4.69) is 5.32 Å². The van der Waals surface area contributed by atoms with Gasteiger partial charge < -0.3 is 10.2 Å². The van der Waals surface area contributed by atoms with E-state index in [1.54, 1.807) is 28.6 Å². The highest BCUT2D eigenvalue weighted by molar-refractivity contribution is 7.89. The third-order valence-corrected chi connectivity index (χ3v) is 9.25. The van der Waals surface area contributed by atoms with Crippen LogP contribution in [0.25, 0.3) is 0 Å². The van der Waals surface area contributed by atoms with Crippen molar-refractivity contribution in [1.29, 1.82) is 0 Å². The van der Waals surface area contributed by atoms with Crippen molar-refractivity contribution in [3.05, 3.63) is 24.3 Å². The van der Waals surface area contributed by atoms with Crippen LogP contribution in [0.3, 0.4) is 0 Å². The summed E-state index contributed by atoms with van der Waals surface area (Å²) in [6.45, 7) is 4.39. The van der Waals surface area contributed by atoms with E-state index in [-0.39, 0.29) is 47.2 Å². The molecule has 31 heavy (non-hydrogen) atoms. The van der Waals surface area contributed by atoms with Gasteiger partial charge in [-0.05, 0) is 63.8 Å². The molecule has 0 spiro atoms. The first-order chi connectivity index (χ1) is 14.8. The molecule has 1 aliphatic carbocycles. The Balaban J connectivity index is 1.40. The molecule has 2 saturated heterocycles. The van der Waals surface area contributed by atoms with E-state index in [1.165, 1.54) is 0 Å². The summed E-state index contributed by atoms with van der Waals surface area (Å²) in [6.07, 6.45) is 7.39. The van der Waals surface area contributed by atoms with E-state index in [0.29, 0.717) is 12.2 Å². The van der Waals surface area contributed by atoms with E-state index in [9.17, 15) is 18.0 Å². The third kappa shape index (κ3) is 4.51. The Bertz CT molecular complexity index is 915. The maximum atomic E-state index is 13.1. The Hall–Kier alpha value is -1.93. The number of benzene rings is 1. The minimum Gasteiger partial charge on any atom is -0.339 e. The van der Waals surface area contributed by atoms with Crippen LogP contribution in [0.4, 0.5) is 5.69 Å². The van der Waals surface area contributed by atoms with Crippen molar-refractivity contribution in [1.82, 2.24) is 9.21 Å². The molecule has 1 N–H and O–H groups in total. The zero-order valence-corrected chi connectivity index (χ0v) is 19.2. The van der Waals surface area contributed by atoms with Gasteiger partial charge in [-0.15, -0.1) is 0 Å². The van der Waals surface area contributed by atoms with Gasteiger partial charge in [-0.2, -0.15) is 4.31 Å². The molecule has 2 heterocycles. The Labute approximate surface area is 185 Å². The molecule has 3 aliphatic rings. The maximum Gasteiger partial charge on any atom is 0.243 e. The minimum atomic E-state index is -3.58. The van der Waals surface area contributed by atoms with Gasteiger partial charge in [0.25, 0.3) is 0 Å². The molecule has 4 rings (SSSR count). The zero-order valence-electron chi connectivity index (χ0n) is 18.4. The monoisotopic (exact) mass is 447 g/mol. The Kier molecular flexibility index (Phi) is 6.40. The maximum absolute atomic E-state index is 13.1. The molecule has 1 saturated carbocycles. The van der Waals surface area contributed by atoms with Crippen molar-refractivity contribution in [2.24, 2.45) is 5.92 Å². The predicted octanol–water partition coefficient (Wildman–Crippen LogP) is 3.37. The average molecular weight is 448 g/mol. The number of carbonyl (C=O) groups excluding carboxylic acids is 2. The van der Waals surface area contributed by atoms with Gasteiger partial charge in [-0.1, -0.05) is 19.3 Å². The van der Waals surface area contributed by atoms with Gasteiger partial charge in [0, 0.05) is 36.8 Å². The number of carbonyl (C=O) groups is 2. The Morgan fingerprint density at radius 3 is 2.19 bits per heavy atom. The fraction of sp³-hybridized carbons (Fsp3) is 0.652. The molecule has 7 nitrogen and oxygen atoms in total. The molecule has 8 heteroatoms. The van der Waals surface area contributed by atoms with Crippen LogP contribution >= 0.6 is 0 Å². The number of nitrogens with one attached hydrogen (secondary N) is 1. The van der Waals surface area contributed by atoms with E-state index in [1.807, 2.05) is 18.7 Å². The molecule has 3 atom stereocenters. The lowest BCUT2D eigenvalue weighted by molar-refractivity contribution is -0.129. The van der Waals surface area contributed by atoms with Gasteiger partial charge in [-0.25, -0.2) is 8.42 Å². The highest BCUT2D eigenvalue weighted by Crippen LogP contribution is 2.31. The Morgan fingerprint density at radius 2 is 1.58 bits per heavy atom. The van der Waals surface area contributed by atoms with Crippen molar-refractivity contribution in [2.45, 2.75) is 88.2 Å². The van der Waals surface area contributed by atoms with Crippen LogP contribution in [0.1, 0.15) is 65.2 Å². The van der Waals surface area contributed by atoms with E-state index >= 15 is 0 Å². The molecule has 0 aromatic heterocycles. The van der Waals surface area contributed by atoms with Crippen LogP contribution in [0.5, 0.6) is 0 Å². The number of piperidine rings is 1. The van der Waals surface area contributed by atoms with Crippen molar-refractivity contribution >= 4 is 27.5 Å². The van der Waals surface area contributed by atoms with Crippen LogP contribution in [-0.4, -0.2) is 54.1 Å². The number of amides is 2. The summed E-state index contributed by atoms with van der Waals surface area (Å²) >= 11 is 0. The largest absolute Gasteiger partial charge is 0.339 e. The second-order valence-corrected chi connectivity index (χ2v) is 11.2. The molecular formula is C23H33N3O4S. The van der Waals surface area contributed by atoms with Crippen LogP contribution in [0, 0.1) is 5.92 Å². The predicted molar refractivity (Wildman–Crippen MR) is 119 cm³/mol. The van der Waals surface area contributed by atoms with Gasteiger partial charge in [0.15, 0.2) is 0 Å². The minimum absolute atomic E-state index is 0.0177. The molecular weight excluding hydrogens is 414 g/mol. The SMILES string of the molecule is CC1CCCC(C)N1S(=O)(=O)c1ccc(NC(=O)C2CC(=O)N(C3CCCC3)C2)cc1. The normalized spacial score (nSPS) is 28.3. The van der Waals surface area contributed by atoms with Gasteiger partial charge in [0.1, 0.15) is 0 Å². The number of nitrogens with zero attached hydrogens (tertiary/aromatic N) is 2. The summed E-state index contributed by atoms with van der Waals surface area (Å²) in [6, 6.07) is 6.64. The lowest BCUT2D eigenvalue weighted by Crippen LogP contribution is -2.47. The second-order valence-electron chi connectivity index (χ2n) is 9.36. The summed E-state index contributed by atoms with van der Waals surface area (Å²) in [5, 5.41) is 2.87. The smallest absolute Gasteiger partial charge is 0.243 e. The molecule has 3 fully saturated rings. The fourth-order valence-corrected chi connectivity index (χ4v) is 7.31. The fourth-order valence-electron chi connectivity index (χ4n) is 5.42. The standard InChI is InChI=1S/C23H33N3O4S/c1-16-6-5-7-17(2)26(16)31(29,30)21-12-10-19(11-13-21)24-23(28)18-14-22(27)25(15-18)20-8-3-4-9-20/h10-13,16-18,20H,3-9,14-15H2,1-2H3,(H,24,28). The van der Waals surface area contributed by atoms with Gasteiger partial charge in [0.05, 0.1) is 10.8 Å². The highest BCUT2D eigenvalue weighted by atomic mass is 32.2. The number of hydrogen-bond donors (Lipinski definition) is 1. The highest BCUT2D eigenvalue weighted by Gasteiger charge is 2.39. The zero-order chi connectivity index (χ0) is 22.2. The average Bonchev–Trinajstić information content (AvgIpc) is 3.37. The number of rotatable bonds is 5. The molecule has 2 amide bonds.